The zero-order valence-electron chi connectivity index (χ0n) is 12.6. The molecular weight excluding hydrogens is 331 g/mol. The van der Waals surface area contributed by atoms with Crippen LogP contribution >= 0.6 is 23.2 Å². The SMILES string of the molecule is CCN(CCCN(C)C)S(=O)(=O)c1cc(CCl)ccc1Cl. The molecule has 0 spiro atoms. The van der Waals surface area contributed by atoms with E-state index in [1.54, 1.807) is 18.2 Å². The van der Waals surface area contributed by atoms with Crippen LogP contribution in [0.3, 0.4) is 0 Å². The van der Waals surface area contributed by atoms with Crippen LogP contribution in [0.1, 0.15) is 18.9 Å². The van der Waals surface area contributed by atoms with Crippen LogP contribution in [0.15, 0.2) is 23.1 Å². The Hall–Kier alpha value is -0.330. The summed E-state index contributed by atoms with van der Waals surface area (Å²) in [6.45, 7) is 3.55. The number of sulfonamides is 1. The molecule has 0 heterocycles. The normalized spacial score (nSPS) is 12.3. The molecule has 0 unspecified atom stereocenters. The van der Waals surface area contributed by atoms with Crippen LogP contribution in [-0.2, 0) is 15.9 Å². The van der Waals surface area contributed by atoms with Gasteiger partial charge in [-0.2, -0.15) is 4.31 Å². The lowest BCUT2D eigenvalue weighted by molar-refractivity contribution is 0.356. The minimum Gasteiger partial charge on any atom is -0.309 e. The molecule has 4 nitrogen and oxygen atoms in total. The molecule has 0 aliphatic heterocycles. The Balaban J connectivity index is 3.01. The van der Waals surface area contributed by atoms with Crippen LogP contribution < -0.4 is 0 Å². The first-order chi connectivity index (χ1) is 9.82. The molecule has 0 amide bonds. The maximum Gasteiger partial charge on any atom is 0.244 e. The number of nitrogens with zero attached hydrogens (tertiary/aromatic N) is 2. The van der Waals surface area contributed by atoms with Crippen molar-refractivity contribution in [2.45, 2.75) is 24.1 Å². The fourth-order valence-corrected chi connectivity index (χ4v) is 4.16. The number of halogens is 2. The Kier molecular flexibility index (Phi) is 7.44. The third kappa shape index (κ3) is 5.11. The first-order valence-corrected chi connectivity index (χ1v) is 9.17. The van der Waals surface area contributed by atoms with Gasteiger partial charge in [0, 0.05) is 19.0 Å². The third-order valence-electron chi connectivity index (χ3n) is 3.13. The summed E-state index contributed by atoms with van der Waals surface area (Å²) in [7, 11) is 0.340. The first-order valence-electron chi connectivity index (χ1n) is 6.82. The van der Waals surface area contributed by atoms with Gasteiger partial charge in [0.25, 0.3) is 0 Å². The zero-order chi connectivity index (χ0) is 16.0. The predicted molar refractivity (Wildman–Crippen MR) is 88.6 cm³/mol. The molecule has 21 heavy (non-hydrogen) atoms. The van der Waals surface area contributed by atoms with E-state index in [0.717, 1.165) is 18.5 Å². The summed E-state index contributed by atoms with van der Waals surface area (Å²) in [5.41, 5.74) is 0.740. The number of hydrogen-bond acceptors (Lipinski definition) is 3. The third-order valence-corrected chi connectivity index (χ3v) is 5.90. The monoisotopic (exact) mass is 352 g/mol. The highest BCUT2D eigenvalue weighted by atomic mass is 35.5. The molecule has 0 aromatic heterocycles. The molecule has 1 aromatic rings. The Labute approximate surface area is 137 Å². The fourth-order valence-electron chi connectivity index (χ4n) is 1.98. The Bertz CT molecular complexity index is 562. The Morgan fingerprint density at radius 1 is 1.19 bits per heavy atom. The van der Waals surface area contributed by atoms with E-state index in [2.05, 4.69) is 0 Å². The number of alkyl halides is 1. The number of benzene rings is 1. The van der Waals surface area contributed by atoms with Gasteiger partial charge in [0.05, 0.1) is 5.02 Å². The summed E-state index contributed by atoms with van der Waals surface area (Å²) in [5, 5.41) is 0.231. The standard InChI is InChI=1S/C14H22Cl2N2O2S/c1-4-18(9-5-8-17(2)3)21(19,20)14-10-12(11-15)6-7-13(14)16/h6-7,10H,4-5,8-9,11H2,1-3H3. The van der Waals surface area contributed by atoms with Gasteiger partial charge in [0.15, 0.2) is 0 Å². The molecule has 0 N–H and O–H groups in total. The van der Waals surface area contributed by atoms with Crippen molar-refractivity contribution in [3.63, 3.8) is 0 Å². The molecule has 0 saturated heterocycles. The Morgan fingerprint density at radius 3 is 2.38 bits per heavy atom. The molecule has 0 atom stereocenters. The highest BCUT2D eigenvalue weighted by Gasteiger charge is 2.25. The van der Waals surface area contributed by atoms with Gasteiger partial charge in [-0.3, -0.25) is 0 Å². The summed E-state index contributed by atoms with van der Waals surface area (Å²) in [6.07, 6.45) is 0.771. The maximum absolute atomic E-state index is 12.7. The zero-order valence-corrected chi connectivity index (χ0v) is 15.0. The van der Waals surface area contributed by atoms with Crippen molar-refractivity contribution in [1.82, 2.24) is 9.21 Å². The molecule has 1 aromatic carbocycles. The summed E-state index contributed by atoms with van der Waals surface area (Å²) in [5.74, 6) is 0.256. The average molecular weight is 353 g/mol. The second-order valence-electron chi connectivity index (χ2n) is 5.05. The maximum atomic E-state index is 12.7. The molecule has 0 radical (unpaired) electrons. The molecule has 0 saturated carbocycles. The minimum absolute atomic E-state index is 0.133. The highest BCUT2D eigenvalue weighted by Crippen LogP contribution is 2.26. The Morgan fingerprint density at radius 2 is 1.86 bits per heavy atom. The molecule has 0 fully saturated rings. The minimum atomic E-state index is -3.59. The lowest BCUT2D eigenvalue weighted by Gasteiger charge is -2.22. The fraction of sp³-hybridized carbons (Fsp3) is 0.571. The first kappa shape index (κ1) is 18.7. The van der Waals surface area contributed by atoms with E-state index in [1.807, 2.05) is 25.9 Å². The predicted octanol–water partition coefficient (Wildman–Crippen LogP) is 3.04. The van der Waals surface area contributed by atoms with Crippen molar-refractivity contribution >= 4 is 33.2 Å². The molecular formula is C14H22Cl2N2O2S. The van der Waals surface area contributed by atoms with E-state index in [1.165, 1.54) is 4.31 Å². The van der Waals surface area contributed by atoms with Crippen LogP contribution in [0.5, 0.6) is 0 Å². The number of rotatable bonds is 8. The molecule has 0 bridgehead atoms. The van der Waals surface area contributed by atoms with Gasteiger partial charge in [-0.15, -0.1) is 11.6 Å². The van der Waals surface area contributed by atoms with Crippen molar-refractivity contribution in [3.05, 3.63) is 28.8 Å². The summed E-state index contributed by atoms with van der Waals surface area (Å²) in [6, 6.07) is 4.87. The average Bonchev–Trinajstić information content (AvgIpc) is 2.43. The lowest BCUT2D eigenvalue weighted by Crippen LogP contribution is -2.33. The molecule has 7 heteroatoms. The summed E-state index contributed by atoms with van der Waals surface area (Å²) >= 11 is 11.8. The molecule has 0 aliphatic carbocycles. The van der Waals surface area contributed by atoms with E-state index < -0.39 is 10.0 Å². The van der Waals surface area contributed by atoms with Crippen molar-refractivity contribution in [3.8, 4) is 0 Å². The van der Waals surface area contributed by atoms with Crippen molar-refractivity contribution in [1.29, 1.82) is 0 Å². The topological polar surface area (TPSA) is 40.6 Å². The highest BCUT2D eigenvalue weighted by molar-refractivity contribution is 7.89. The molecule has 120 valence electrons. The molecule has 1 rings (SSSR count). The van der Waals surface area contributed by atoms with Crippen molar-refractivity contribution in [2.24, 2.45) is 0 Å². The smallest absolute Gasteiger partial charge is 0.244 e. The second kappa shape index (κ2) is 8.34. The quantitative estimate of drug-likeness (QED) is 0.675. The van der Waals surface area contributed by atoms with E-state index in [4.69, 9.17) is 23.2 Å². The van der Waals surface area contributed by atoms with Gasteiger partial charge >= 0.3 is 0 Å². The van der Waals surface area contributed by atoms with Crippen LogP contribution in [0.2, 0.25) is 5.02 Å². The van der Waals surface area contributed by atoms with Crippen molar-refractivity contribution in [2.75, 3.05) is 33.7 Å². The van der Waals surface area contributed by atoms with Crippen LogP contribution in [0.25, 0.3) is 0 Å². The van der Waals surface area contributed by atoms with Crippen LogP contribution in [0, 0.1) is 0 Å². The summed E-state index contributed by atoms with van der Waals surface area (Å²) in [4.78, 5) is 2.16. The van der Waals surface area contributed by atoms with E-state index >= 15 is 0 Å². The summed E-state index contributed by atoms with van der Waals surface area (Å²) < 4.78 is 26.9. The van der Waals surface area contributed by atoms with E-state index in [9.17, 15) is 8.42 Å². The molecule has 0 aliphatic rings. The van der Waals surface area contributed by atoms with E-state index in [-0.39, 0.29) is 15.8 Å². The van der Waals surface area contributed by atoms with Gasteiger partial charge in [-0.1, -0.05) is 24.6 Å². The second-order valence-corrected chi connectivity index (χ2v) is 7.63. The van der Waals surface area contributed by atoms with Crippen molar-refractivity contribution < 1.29 is 8.42 Å². The number of hydrogen-bond donors (Lipinski definition) is 0. The van der Waals surface area contributed by atoms with Gasteiger partial charge < -0.3 is 4.90 Å². The van der Waals surface area contributed by atoms with E-state index in [0.29, 0.717) is 13.1 Å². The lowest BCUT2D eigenvalue weighted by atomic mass is 10.2. The largest absolute Gasteiger partial charge is 0.309 e. The van der Waals surface area contributed by atoms with Crippen LogP contribution in [-0.4, -0.2) is 51.4 Å². The van der Waals surface area contributed by atoms with Gasteiger partial charge in [-0.25, -0.2) is 8.42 Å². The van der Waals surface area contributed by atoms with Crippen LogP contribution in [0.4, 0.5) is 0 Å². The van der Waals surface area contributed by atoms with Gasteiger partial charge in [0.2, 0.25) is 10.0 Å². The van der Waals surface area contributed by atoms with Gasteiger partial charge in [0.1, 0.15) is 4.90 Å². The van der Waals surface area contributed by atoms with Gasteiger partial charge in [-0.05, 0) is 44.8 Å².